The van der Waals surface area contributed by atoms with Crippen molar-refractivity contribution in [3.8, 4) is 11.1 Å². The number of anilines is 5. The van der Waals surface area contributed by atoms with E-state index in [2.05, 4.69) is 144 Å². The molecule has 0 unspecified atom stereocenters. The van der Waals surface area contributed by atoms with Crippen LogP contribution in [0.1, 0.15) is 11.1 Å². The van der Waals surface area contributed by atoms with Crippen LogP contribution in [0.15, 0.2) is 127 Å². The summed E-state index contributed by atoms with van der Waals surface area (Å²) in [5.74, 6) is 0. The smallest absolute Gasteiger partial charge is 0.0543 e. The summed E-state index contributed by atoms with van der Waals surface area (Å²) in [6.45, 7) is 0. The lowest BCUT2D eigenvalue weighted by molar-refractivity contribution is 1.20. The molecule has 0 radical (unpaired) electrons. The van der Waals surface area contributed by atoms with Crippen molar-refractivity contribution in [2.75, 3.05) is 16.8 Å². The van der Waals surface area contributed by atoms with Crippen molar-refractivity contribution in [1.29, 1.82) is 0 Å². The summed E-state index contributed by atoms with van der Waals surface area (Å²) in [4.78, 5) is 4.60. The Morgan fingerprint density at radius 2 is 1.00 bits per heavy atom. The van der Waals surface area contributed by atoms with Gasteiger partial charge in [0.05, 0.1) is 5.69 Å². The van der Waals surface area contributed by atoms with Crippen LogP contribution < -0.4 is 9.80 Å². The van der Waals surface area contributed by atoms with E-state index in [0.717, 1.165) is 23.5 Å². The molecule has 0 amide bonds. The largest absolute Gasteiger partial charge is 0.345 e. The van der Waals surface area contributed by atoms with Crippen LogP contribution in [0.2, 0.25) is 0 Å². The quantitative estimate of drug-likeness (QED) is 0.266. The van der Waals surface area contributed by atoms with Crippen molar-refractivity contribution in [3.05, 3.63) is 139 Å². The zero-order valence-electron chi connectivity index (χ0n) is 19.2. The van der Waals surface area contributed by atoms with Gasteiger partial charge in [-0.15, -0.1) is 0 Å². The first-order valence-corrected chi connectivity index (χ1v) is 11.7. The van der Waals surface area contributed by atoms with E-state index in [9.17, 15) is 0 Å². The highest BCUT2D eigenvalue weighted by atomic mass is 15.1. The molecule has 6 rings (SSSR count). The zero-order chi connectivity index (χ0) is 22.9. The van der Waals surface area contributed by atoms with Crippen molar-refractivity contribution in [2.24, 2.45) is 0 Å². The molecular formula is C32H26N2. The van der Waals surface area contributed by atoms with Crippen LogP contribution in [0.25, 0.3) is 11.1 Å². The fourth-order valence-corrected chi connectivity index (χ4v) is 4.99. The summed E-state index contributed by atoms with van der Waals surface area (Å²) in [6.07, 6.45) is 0.989. The first-order valence-electron chi connectivity index (χ1n) is 11.7. The summed E-state index contributed by atoms with van der Waals surface area (Å²) >= 11 is 0. The molecule has 0 spiro atoms. The highest BCUT2D eigenvalue weighted by molar-refractivity contribution is 5.93. The van der Waals surface area contributed by atoms with Crippen molar-refractivity contribution in [3.63, 3.8) is 0 Å². The summed E-state index contributed by atoms with van der Waals surface area (Å²) < 4.78 is 0. The average molecular weight is 439 g/mol. The van der Waals surface area contributed by atoms with Gasteiger partial charge >= 0.3 is 0 Å². The van der Waals surface area contributed by atoms with Crippen LogP contribution in [0.3, 0.4) is 0 Å². The fourth-order valence-electron chi connectivity index (χ4n) is 4.99. The molecule has 0 atom stereocenters. The van der Waals surface area contributed by atoms with Gasteiger partial charge in [0.1, 0.15) is 0 Å². The van der Waals surface area contributed by atoms with E-state index in [1.807, 2.05) is 0 Å². The number of hydrogen-bond donors (Lipinski definition) is 0. The molecule has 0 heterocycles. The van der Waals surface area contributed by atoms with Gasteiger partial charge in [-0.1, -0.05) is 72.8 Å². The molecule has 0 bridgehead atoms. The number of benzene rings is 5. The number of hydrogen-bond acceptors (Lipinski definition) is 2. The lowest BCUT2D eigenvalue weighted by Gasteiger charge is -2.28. The number of rotatable bonds is 5. The van der Waals surface area contributed by atoms with E-state index in [0.29, 0.717) is 0 Å². The Kier molecular flexibility index (Phi) is 5.12. The Labute approximate surface area is 201 Å². The van der Waals surface area contributed by atoms with Crippen molar-refractivity contribution >= 4 is 28.4 Å². The third-order valence-corrected chi connectivity index (χ3v) is 6.69. The summed E-state index contributed by atoms with van der Waals surface area (Å²) in [5, 5.41) is 0. The van der Waals surface area contributed by atoms with E-state index in [4.69, 9.17) is 0 Å². The van der Waals surface area contributed by atoms with E-state index < -0.39 is 0 Å². The third-order valence-electron chi connectivity index (χ3n) is 6.69. The van der Waals surface area contributed by atoms with Gasteiger partial charge in [0.15, 0.2) is 0 Å². The van der Waals surface area contributed by atoms with Crippen LogP contribution in [0.5, 0.6) is 0 Å². The first kappa shape index (κ1) is 20.3. The molecule has 2 heteroatoms. The molecule has 0 aliphatic heterocycles. The van der Waals surface area contributed by atoms with Crippen molar-refractivity contribution < 1.29 is 0 Å². The second kappa shape index (κ2) is 8.57. The molecule has 0 aromatic heterocycles. The second-order valence-electron chi connectivity index (χ2n) is 8.73. The predicted octanol–water partition coefficient (Wildman–Crippen LogP) is 8.50. The summed E-state index contributed by atoms with van der Waals surface area (Å²) in [7, 11) is 2.11. The second-order valence-corrected chi connectivity index (χ2v) is 8.73. The molecule has 1 aliphatic rings. The lowest BCUT2D eigenvalue weighted by Crippen LogP contribution is -2.12. The molecule has 2 nitrogen and oxygen atoms in total. The Morgan fingerprint density at radius 3 is 1.74 bits per heavy atom. The molecule has 0 saturated carbocycles. The third kappa shape index (κ3) is 3.54. The molecule has 1 aliphatic carbocycles. The van der Waals surface area contributed by atoms with Gasteiger partial charge in [-0.3, -0.25) is 0 Å². The molecule has 34 heavy (non-hydrogen) atoms. The summed E-state index contributed by atoms with van der Waals surface area (Å²) in [5.41, 5.74) is 11.3. The fraction of sp³-hybridized carbons (Fsp3) is 0.0625. The lowest BCUT2D eigenvalue weighted by atomic mass is 10.0. The SMILES string of the molecule is CN(c1ccccc1)c1ccc(N(c2ccccc2)c2cccc3c2-c2ccccc2C3)cc1. The molecule has 164 valence electrons. The van der Waals surface area contributed by atoms with Crippen molar-refractivity contribution in [2.45, 2.75) is 6.42 Å². The van der Waals surface area contributed by atoms with E-state index in [-0.39, 0.29) is 0 Å². The Morgan fingerprint density at radius 1 is 0.471 bits per heavy atom. The minimum Gasteiger partial charge on any atom is -0.345 e. The number of nitrogens with zero attached hydrogens (tertiary/aromatic N) is 2. The average Bonchev–Trinajstić information content (AvgIpc) is 3.29. The maximum Gasteiger partial charge on any atom is 0.0543 e. The Balaban J connectivity index is 1.46. The highest BCUT2D eigenvalue weighted by Gasteiger charge is 2.25. The Hall–Kier alpha value is -4.30. The van der Waals surface area contributed by atoms with Crippen LogP contribution in [0, 0.1) is 0 Å². The van der Waals surface area contributed by atoms with E-state index in [1.54, 1.807) is 0 Å². The van der Waals surface area contributed by atoms with Gasteiger partial charge in [0.25, 0.3) is 0 Å². The topological polar surface area (TPSA) is 6.48 Å². The predicted molar refractivity (Wildman–Crippen MR) is 144 cm³/mol. The molecule has 0 N–H and O–H groups in total. The monoisotopic (exact) mass is 438 g/mol. The van der Waals surface area contributed by atoms with Gasteiger partial charge in [0, 0.05) is 35.4 Å². The normalized spacial score (nSPS) is 11.6. The minimum absolute atomic E-state index is 0.989. The maximum absolute atomic E-state index is 2.38. The van der Waals surface area contributed by atoms with E-state index in [1.165, 1.54) is 33.6 Å². The minimum atomic E-state index is 0.989. The van der Waals surface area contributed by atoms with Gasteiger partial charge in [-0.25, -0.2) is 0 Å². The molecular weight excluding hydrogens is 412 g/mol. The van der Waals surface area contributed by atoms with Crippen LogP contribution in [0.4, 0.5) is 28.4 Å². The highest BCUT2D eigenvalue weighted by Crippen LogP contribution is 2.47. The van der Waals surface area contributed by atoms with Crippen LogP contribution >= 0.6 is 0 Å². The van der Waals surface area contributed by atoms with E-state index >= 15 is 0 Å². The first-order chi connectivity index (χ1) is 16.8. The van der Waals surface area contributed by atoms with Crippen LogP contribution in [-0.4, -0.2) is 7.05 Å². The van der Waals surface area contributed by atoms with Gasteiger partial charge in [-0.05, 0) is 77.7 Å². The van der Waals surface area contributed by atoms with Crippen molar-refractivity contribution in [1.82, 2.24) is 0 Å². The standard InChI is InChI=1S/C32H26N2/c1-33(26-13-4-2-5-14-26)27-19-21-29(22-20-27)34(28-15-6-3-7-16-28)31-18-10-12-25-23-24-11-8-9-17-30(24)32(25)31/h2-22H,23H2,1H3. The number of fused-ring (bicyclic) bond motifs is 3. The van der Waals surface area contributed by atoms with Gasteiger partial charge < -0.3 is 9.80 Å². The Bertz CT molecular complexity index is 1420. The maximum atomic E-state index is 2.38. The molecule has 0 fully saturated rings. The van der Waals surface area contributed by atoms with Crippen LogP contribution in [-0.2, 0) is 6.42 Å². The zero-order valence-corrected chi connectivity index (χ0v) is 19.2. The van der Waals surface area contributed by atoms with Gasteiger partial charge in [-0.2, -0.15) is 0 Å². The molecule has 5 aromatic rings. The number of para-hydroxylation sites is 2. The summed E-state index contributed by atoms with van der Waals surface area (Å²) in [6, 6.07) is 45.5. The van der Waals surface area contributed by atoms with Gasteiger partial charge in [0.2, 0.25) is 0 Å². The molecule has 0 saturated heterocycles. The molecule has 5 aromatic carbocycles.